The molecule has 0 radical (unpaired) electrons. The Kier molecular flexibility index (Phi) is 5.87. The number of carbonyl (C=O) groups excluding carboxylic acids is 1. The number of alkyl halides is 2. The highest BCUT2D eigenvalue weighted by Crippen LogP contribution is 2.58. The molecule has 0 atom stereocenters. The lowest BCUT2D eigenvalue weighted by molar-refractivity contribution is -0.129. The van der Waals surface area contributed by atoms with E-state index in [2.05, 4.69) is 20.3 Å². The van der Waals surface area contributed by atoms with Crippen LogP contribution in [0.2, 0.25) is 0 Å². The third-order valence-corrected chi connectivity index (χ3v) is 10.7. The molecular formula is C31H35F2N5O3. The summed E-state index contributed by atoms with van der Waals surface area (Å²) in [6.45, 7) is 0.579. The molecule has 0 saturated heterocycles. The fourth-order valence-corrected chi connectivity index (χ4v) is 7.35. The molecule has 6 saturated carbocycles. The number of halogens is 2. The van der Waals surface area contributed by atoms with Crippen LogP contribution in [0.4, 0.5) is 14.5 Å². The molecule has 8 nitrogen and oxygen atoms in total. The summed E-state index contributed by atoms with van der Waals surface area (Å²) < 4.78 is 38.3. The topological polar surface area (TPSA) is 98.2 Å². The molecule has 2 heterocycles. The predicted molar refractivity (Wildman–Crippen MR) is 144 cm³/mol. The van der Waals surface area contributed by atoms with Crippen molar-refractivity contribution in [2.24, 2.45) is 17.3 Å². The van der Waals surface area contributed by atoms with Gasteiger partial charge in [0.25, 0.3) is 5.89 Å². The minimum Gasteiger partial charge on any atom is -0.424 e. The number of benzene rings is 1. The lowest BCUT2D eigenvalue weighted by atomic mass is 9.53. The standard InChI is InChI=1S/C31H35F2N5O3/c32-24(33)21-14-22(15-21)28(39)38(23-3-1-2-20(16-23)26-34-25(37-41-26)18-4-5-18)17-30-8-11-31(12-9-30,13-10-30)29-36-35-27(40-29)19-6-7-19/h1-3,16,18-19,21-22,24H,4-15,17H2. The van der Waals surface area contributed by atoms with Crippen molar-refractivity contribution in [3.8, 4) is 11.5 Å². The average Bonchev–Trinajstić information content (AvgIpc) is 3.90. The molecule has 0 spiro atoms. The van der Waals surface area contributed by atoms with Gasteiger partial charge < -0.3 is 13.8 Å². The van der Waals surface area contributed by atoms with Gasteiger partial charge >= 0.3 is 0 Å². The second-order valence-electron chi connectivity index (χ2n) is 13.5. The van der Waals surface area contributed by atoms with Gasteiger partial charge in [0.2, 0.25) is 24.1 Å². The minimum absolute atomic E-state index is 0.0255. The van der Waals surface area contributed by atoms with Crippen molar-refractivity contribution in [1.82, 2.24) is 20.3 Å². The predicted octanol–water partition coefficient (Wildman–Crippen LogP) is 6.79. The Morgan fingerprint density at radius 1 is 1.00 bits per heavy atom. The molecule has 216 valence electrons. The summed E-state index contributed by atoms with van der Waals surface area (Å²) in [4.78, 5) is 20.4. The molecule has 0 N–H and O–H groups in total. The number of amides is 1. The molecule has 10 heteroatoms. The second-order valence-corrected chi connectivity index (χ2v) is 13.5. The highest BCUT2D eigenvalue weighted by atomic mass is 19.3. The molecule has 6 aliphatic carbocycles. The lowest BCUT2D eigenvalue weighted by Gasteiger charge is -2.53. The summed E-state index contributed by atoms with van der Waals surface area (Å²) in [5, 5.41) is 13.0. The first-order valence-corrected chi connectivity index (χ1v) is 15.3. The van der Waals surface area contributed by atoms with Gasteiger partial charge in [0, 0.05) is 46.9 Å². The first-order chi connectivity index (χ1) is 19.9. The third kappa shape index (κ3) is 4.57. The Labute approximate surface area is 237 Å². The molecule has 1 aromatic carbocycles. The van der Waals surface area contributed by atoms with Gasteiger partial charge in [0.15, 0.2) is 5.82 Å². The van der Waals surface area contributed by atoms with E-state index in [1.165, 1.54) is 0 Å². The Morgan fingerprint density at radius 2 is 1.73 bits per heavy atom. The highest BCUT2D eigenvalue weighted by molar-refractivity contribution is 5.96. The molecule has 41 heavy (non-hydrogen) atoms. The fraction of sp³-hybridized carbons (Fsp3) is 0.645. The van der Waals surface area contributed by atoms with Crippen LogP contribution in [0.5, 0.6) is 0 Å². The zero-order valence-electron chi connectivity index (χ0n) is 23.1. The molecule has 6 aliphatic rings. The van der Waals surface area contributed by atoms with Crippen LogP contribution < -0.4 is 4.90 Å². The molecule has 3 aromatic rings. The molecule has 0 aliphatic heterocycles. The Balaban J connectivity index is 1.04. The van der Waals surface area contributed by atoms with Crippen molar-refractivity contribution >= 4 is 11.6 Å². The summed E-state index contributed by atoms with van der Waals surface area (Å²) in [6, 6.07) is 7.70. The zero-order valence-corrected chi connectivity index (χ0v) is 23.1. The molecule has 6 fully saturated rings. The number of nitrogens with zero attached hydrogens (tertiary/aromatic N) is 5. The van der Waals surface area contributed by atoms with E-state index in [-0.39, 0.29) is 35.5 Å². The van der Waals surface area contributed by atoms with Gasteiger partial charge in [-0.2, -0.15) is 4.98 Å². The van der Waals surface area contributed by atoms with Crippen LogP contribution in [0.3, 0.4) is 0 Å². The molecular weight excluding hydrogens is 528 g/mol. The summed E-state index contributed by atoms with van der Waals surface area (Å²) in [6.07, 6.45) is 8.35. The van der Waals surface area contributed by atoms with Gasteiger partial charge in [0.1, 0.15) is 0 Å². The van der Waals surface area contributed by atoms with Crippen molar-refractivity contribution < 1.29 is 22.5 Å². The van der Waals surface area contributed by atoms with Crippen molar-refractivity contribution in [2.45, 2.75) is 101 Å². The summed E-state index contributed by atoms with van der Waals surface area (Å²) in [5.74, 6) is 2.50. The second kappa shape index (κ2) is 9.42. The lowest BCUT2D eigenvalue weighted by Crippen LogP contribution is -2.53. The zero-order chi connectivity index (χ0) is 27.8. The Morgan fingerprint density at radius 3 is 2.41 bits per heavy atom. The van der Waals surface area contributed by atoms with Crippen LogP contribution in [0.15, 0.2) is 33.2 Å². The van der Waals surface area contributed by atoms with Crippen LogP contribution in [-0.2, 0) is 10.2 Å². The minimum atomic E-state index is -2.37. The first-order valence-electron chi connectivity index (χ1n) is 15.3. The monoisotopic (exact) mass is 563 g/mol. The van der Waals surface area contributed by atoms with E-state index in [0.717, 1.165) is 93.1 Å². The molecule has 9 rings (SSSR count). The first kappa shape index (κ1) is 25.5. The van der Waals surface area contributed by atoms with E-state index in [9.17, 15) is 13.6 Å². The van der Waals surface area contributed by atoms with Gasteiger partial charge in [0.05, 0.1) is 0 Å². The number of anilines is 1. The van der Waals surface area contributed by atoms with Gasteiger partial charge in [-0.3, -0.25) is 4.79 Å². The van der Waals surface area contributed by atoms with Gasteiger partial charge in [-0.05, 0) is 101 Å². The number of hydrogen-bond acceptors (Lipinski definition) is 7. The molecule has 2 bridgehead atoms. The summed E-state index contributed by atoms with van der Waals surface area (Å²) in [7, 11) is 0. The van der Waals surface area contributed by atoms with Crippen LogP contribution >= 0.6 is 0 Å². The van der Waals surface area contributed by atoms with E-state index in [1.807, 2.05) is 29.2 Å². The fourth-order valence-electron chi connectivity index (χ4n) is 7.35. The van der Waals surface area contributed by atoms with Gasteiger partial charge in [-0.15, -0.1) is 10.2 Å². The maximum atomic E-state index is 13.9. The maximum absolute atomic E-state index is 13.9. The number of rotatable bonds is 9. The molecule has 0 unspecified atom stereocenters. The Hall–Kier alpha value is -3.17. The summed E-state index contributed by atoms with van der Waals surface area (Å²) in [5.41, 5.74) is 1.45. The van der Waals surface area contributed by atoms with E-state index in [1.54, 1.807) is 0 Å². The SMILES string of the molecule is O=C(C1CC(C(F)F)C1)N(CC12CCC(c3nnc(C4CC4)o3)(CC1)CC2)c1cccc(-c2nc(C3CC3)no2)c1. The number of hydrogen-bond donors (Lipinski definition) is 0. The molecule has 1 amide bonds. The van der Waals surface area contributed by atoms with Gasteiger partial charge in [-0.25, -0.2) is 8.78 Å². The smallest absolute Gasteiger partial charge is 0.258 e. The quantitative estimate of drug-likeness (QED) is 0.283. The van der Waals surface area contributed by atoms with E-state index in [0.29, 0.717) is 24.3 Å². The number of fused-ring (bicyclic) bond motifs is 3. The van der Waals surface area contributed by atoms with Crippen molar-refractivity contribution in [3.05, 3.63) is 41.9 Å². The number of aromatic nitrogens is 4. The van der Waals surface area contributed by atoms with E-state index in [4.69, 9.17) is 8.94 Å². The van der Waals surface area contributed by atoms with Gasteiger partial charge in [-0.1, -0.05) is 11.2 Å². The van der Waals surface area contributed by atoms with Crippen LogP contribution in [0.1, 0.15) is 106 Å². The van der Waals surface area contributed by atoms with Crippen LogP contribution in [0.25, 0.3) is 11.5 Å². The molecule has 2 aromatic heterocycles. The third-order valence-electron chi connectivity index (χ3n) is 10.7. The maximum Gasteiger partial charge on any atom is 0.258 e. The largest absolute Gasteiger partial charge is 0.424 e. The Bertz CT molecular complexity index is 1430. The normalized spacial score (nSPS) is 30.9. The highest BCUT2D eigenvalue weighted by Gasteiger charge is 2.53. The van der Waals surface area contributed by atoms with Crippen LogP contribution in [0, 0.1) is 17.3 Å². The van der Waals surface area contributed by atoms with Crippen molar-refractivity contribution in [3.63, 3.8) is 0 Å². The number of carbonyl (C=O) groups is 1. The van der Waals surface area contributed by atoms with Crippen molar-refractivity contribution in [2.75, 3.05) is 11.4 Å². The van der Waals surface area contributed by atoms with E-state index < -0.39 is 12.3 Å². The summed E-state index contributed by atoms with van der Waals surface area (Å²) >= 11 is 0. The average molecular weight is 564 g/mol. The van der Waals surface area contributed by atoms with Crippen LogP contribution in [-0.4, -0.2) is 39.2 Å². The van der Waals surface area contributed by atoms with E-state index >= 15 is 0 Å². The van der Waals surface area contributed by atoms with Crippen molar-refractivity contribution in [1.29, 1.82) is 0 Å².